The molecule has 0 heterocycles. The first-order valence-electron chi connectivity index (χ1n) is 10.5. The van der Waals surface area contributed by atoms with Gasteiger partial charge in [-0.3, -0.25) is 9.69 Å². The fourth-order valence-corrected chi connectivity index (χ4v) is 4.09. The van der Waals surface area contributed by atoms with Crippen LogP contribution in [0.5, 0.6) is 0 Å². The van der Waals surface area contributed by atoms with Gasteiger partial charge in [0.05, 0.1) is 0 Å². The Labute approximate surface area is 193 Å². The fraction of sp³-hybridized carbons (Fsp3) is 0.458. The topological polar surface area (TPSA) is 58.4 Å². The first-order valence-corrected chi connectivity index (χ1v) is 10.5. The zero-order valence-electron chi connectivity index (χ0n) is 17.8. The fourth-order valence-electron chi connectivity index (χ4n) is 4.09. The Morgan fingerprint density at radius 1 is 1.00 bits per heavy atom. The van der Waals surface area contributed by atoms with E-state index in [4.69, 9.17) is 5.73 Å². The molecule has 166 valence electrons. The second-order valence-corrected chi connectivity index (χ2v) is 7.97. The van der Waals surface area contributed by atoms with Gasteiger partial charge in [-0.25, -0.2) is 0 Å². The zero-order valence-corrected chi connectivity index (χ0v) is 19.4. The van der Waals surface area contributed by atoms with E-state index in [1.807, 2.05) is 36.4 Å². The normalized spacial score (nSPS) is 15.0. The van der Waals surface area contributed by atoms with Gasteiger partial charge < -0.3 is 11.1 Å². The van der Waals surface area contributed by atoms with Crippen LogP contribution in [0.15, 0.2) is 54.6 Å². The molecule has 6 heteroatoms. The minimum absolute atomic E-state index is 0. The molecule has 0 saturated heterocycles. The van der Waals surface area contributed by atoms with Crippen LogP contribution in [0.3, 0.4) is 0 Å². The monoisotopic (exact) mass is 451 g/mol. The number of carbonyl (C=O) groups is 1. The Bertz CT molecular complexity index is 751. The maximum absolute atomic E-state index is 12.4. The van der Waals surface area contributed by atoms with Crippen molar-refractivity contribution in [1.82, 2.24) is 10.2 Å². The summed E-state index contributed by atoms with van der Waals surface area (Å²) in [6.07, 6.45) is 6.95. The van der Waals surface area contributed by atoms with E-state index in [9.17, 15) is 4.79 Å². The van der Waals surface area contributed by atoms with Crippen LogP contribution in [-0.2, 0) is 17.9 Å². The highest BCUT2D eigenvalue weighted by Crippen LogP contribution is 2.23. The van der Waals surface area contributed by atoms with Crippen molar-refractivity contribution in [1.29, 1.82) is 0 Å². The molecule has 0 radical (unpaired) electrons. The lowest BCUT2D eigenvalue weighted by Gasteiger charge is -2.31. The minimum atomic E-state index is -0.270. The first kappa shape index (κ1) is 26.4. The second kappa shape index (κ2) is 13.7. The summed E-state index contributed by atoms with van der Waals surface area (Å²) < 4.78 is 0. The largest absolute Gasteiger partial charge is 0.352 e. The highest BCUT2D eigenvalue weighted by Gasteiger charge is 2.19. The van der Waals surface area contributed by atoms with Crippen molar-refractivity contribution in [2.45, 2.75) is 63.7 Å². The molecule has 2 aromatic rings. The number of nitrogens with one attached hydrogen (secondary N) is 1. The summed E-state index contributed by atoms with van der Waals surface area (Å²) >= 11 is 0. The van der Waals surface area contributed by atoms with Crippen LogP contribution in [-0.4, -0.2) is 23.9 Å². The molecule has 2 aromatic carbocycles. The smallest absolute Gasteiger partial charge is 0.222 e. The Hall–Kier alpha value is -1.59. The summed E-state index contributed by atoms with van der Waals surface area (Å²) in [6, 6.07) is 18.6. The Morgan fingerprint density at radius 2 is 1.60 bits per heavy atom. The summed E-state index contributed by atoms with van der Waals surface area (Å²) in [5.41, 5.74) is 9.65. The summed E-state index contributed by atoms with van der Waals surface area (Å²) in [6.45, 7) is 1.48. The highest BCUT2D eigenvalue weighted by atomic mass is 35.5. The van der Waals surface area contributed by atoms with E-state index in [1.54, 1.807) is 0 Å². The standard InChI is InChI=1S/C24H33N3O.2ClH/c1-27(22-14-6-3-7-15-22)18-21-13-9-8-12-20(21)17-26-24(28)16-23(25)19-10-4-2-5-11-19;;/h2,4-5,8-13,22-23H,3,6-7,14-18,25H2,1H3,(H,26,28);2*1H. The molecule has 1 aliphatic carbocycles. The van der Waals surface area contributed by atoms with Gasteiger partial charge in [-0.15, -0.1) is 24.8 Å². The Balaban J connectivity index is 0.00000225. The summed E-state index contributed by atoms with van der Waals surface area (Å²) in [4.78, 5) is 14.9. The molecule has 1 fully saturated rings. The molecule has 1 unspecified atom stereocenters. The van der Waals surface area contributed by atoms with Crippen molar-refractivity contribution in [3.05, 3.63) is 71.3 Å². The van der Waals surface area contributed by atoms with Gasteiger partial charge in [0.1, 0.15) is 0 Å². The molecule has 0 spiro atoms. The predicted molar refractivity (Wildman–Crippen MR) is 129 cm³/mol. The van der Waals surface area contributed by atoms with Gasteiger partial charge in [-0.2, -0.15) is 0 Å². The predicted octanol–water partition coefficient (Wildman–Crippen LogP) is 5.00. The maximum Gasteiger partial charge on any atom is 0.222 e. The number of nitrogens with zero attached hydrogens (tertiary/aromatic N) is 1. The first-order chi connectivity index (χ1) is 13.6. The van der Waals surface area contributed by atoms with Gasteiger partial charge >= 0.3 is 0 Å². The van der Waals surface area contributed by atoms with Gasteiger partial charge in [0.25, 0.3) is 0 Å². The van der Waals surface area contributed by atoms with Crippen LogP contribution in [0.1, 0.15) is 61.3 Å². The lowest BCUT2D eigenvalue weighted by Crippen LogP contribution is -2.33. The Morgan fingerprint density at radius 3 is 2.27 bits per heavy atom. The van der Waals surface area contributed by atoms with Crippen molar-refractivity contribution in [3.63, 3.8) is 0 Å². The highest BCUT2D eigenvalue weighted by molar-refractivity contribution is 5.85. The van der Waals surface area contributed by atoms with Crippen molar-refractivity contribution in [3.8, 4) is 0 Å². The number of nitrogens with two attached hydrogens (primary N) is 1. The lowest BCUT2D eigenvalue weighted by molar-refractivity contribution is -0.121. The summed E-state index contributed by atoms with van der Waals surface area (Å²) in [5, 5.41) is 3.06. The summed E-state index contributed by atoms with van der Waals surface area (Å²) in [5.74, 6) is -0.00760. The molecule has 1 saturated carbocycles. The lowest BCUT2D eigenvalue weighted by atomic mass is 9.94. The molecule has 3 N–H and O–H groups in total. The van der Waals surface area contributed by atoms with Crippen molar-refractivity contribution >= 4 is 30.7 Å². The number of halogens is 2. The van der Waals surface area contributed by atoms with Gasteiger partial charge in [-0.05, 0) is 36.6 Å². The third kappa shape index (κ3) is 7.92. The van der Waals surface area contributed by atoms with E-state index in [2.05, 4.69) is 35.5 Å². The molecule has 0 aliphatic heterocycles. The van der Waals surface area contributed by atoms with Crippen molar-refractivity contribution in [2.24, 2.45) is 5.73 Å². The van der Waals surface area contributed by atoms with Crippen LogP contribution in [0.4, 0.5) is 0 Å². The van der Waals surface area contributed by atoms with E-state index in [0.29, 0.717) is 19.0 Å². The average Bonchev–Trinajstić information content (AvgIpc) is 2.74. The minimum Gasteiger partial charge on any atom is -0.352 e. The molecular formula is C24H35Cl2N3O. The van der Waals surface area contributed by atoms with Crippen molar-refractivity contribution < 1.29 is 4.79 Å². The third-order valence-electron chi connectivity index (χ3n) is 5.85. The van der Waals surface area contributed by atoms with Crippen LogP contribution in [0.2, 0.25) is 0 Å². The van der Waals surface area contributed by atoms with Crippen molar-refractivity contribution in [2.75, 3.05) is 7.05 Å². The molecule has 0 aromatic heterocycles. The van der Waals surface area contributed by atoms with E-state index >= 15 is 0 Å². The number of hydrogen-bond donors (Lipinski definition) is 2. The molecule has 1 atom stereocenters. The summed E-state index contributed by atoms with van der Waals surface area (Å²) in [7, 11) is 2.23. The van der Waals surface area contributed by atoms with E-state index < -0.39 is 0 Å². The molecule has 1 amide bonds. The van der Waals surface area contributed by atoms with Gasteiger partial charge in [0, 0.05) is 31.6 Å². The van der Waals surface area contributed by atoms with E-state index in [1.165, 1.54) is 43.2 Å². The third-order valence-corrected chi connectivity index (χ3v) is 5.85. The number of rotatable bonds is 8. The molecule has 1 aliphatic rings. The maximum atomic E-state index is 12.4. The Kier molecular flexibility index (Phi) is 12.0. The number of benzene rings is 2. The van der Waals surface area contributed by atoms with E-state index in [0.717, 1.165) is 12.1 Å². The van der Waals surface area contributed by atoms with Crippen LogP contribution in [0, 0.1) is 0 Å². The SMILES string of the molecule is CN(Cc1ccccc1CNC(=O)CC(N)c1ccccc1)C1CCCCC1.Cl.Cl. The van der Waals surface area contributed by atoms with Gasteiger partial charge in [0.2, 0.25) is 5.91 Å². The van der Waals surface area contributed by atoms with Crippen LogP contribution >= 0.6 is 24.8 Å². The number of amides is 1. The molecule has 4 nitrogen and oxygen atoms in total. The van der Waals surface area contributed by atoms with Gasteiger partial charge in [-0.1, -0.05) is 73.9 Å². The van der Waals surface area contributed by atoms with Crippen LogP contribution in [0.25, 0.3) is 0 Å². The zero-order chi connectivity index (χ0) is 19.8. The molecule has 0 bridgehead atoms. The number of carbonyl (C=O) groups excluding carboxylic acids is 1. The second-order valence-electron chi connectivity index (χ2n) is 7.97. The van der Waals surface area contributed by atoms with Crippen LogP contribution < -0.4 is 11.1 Å². The average molecular weight is 452 g/mol. The van der Waals surface area contributed by atoms with Gasteiger partial charge in [0.15, 0.2) is 0 Å². The molecule has 3 rings (SSSR count). The number of hydrogen-bond acceptors (Lipinski definition) is 3. The molecule has 30 heavy (non-hydrogen) atoms. The quantitative estimate of drug-likeness (QED) is 0.593. The van der Waals surface area contributed by atoms with E-state index in [-0.39, 0.29) is 36.8 Å². The molecular weight excluding hydrogens is 417 g/mol.